The third-order valence-electron chi connectivity index (χ3n) is 5.69. The van der Waals surface area contributed by atoms with Crippen LogP contribution in [0.2, 0.25) is 0 Å². The highest BCUT2D eigenvalue weighted by Crippen LogP contribution is 2.39. The molecule has 0 bridgehead atoms. The van der Waals surface area contributed by atoms with Crippen molar-refractivity contribution in [3.8, 4) is 11.5 Å². The zero-order valence-electron chi connectivity index (χ0n) is 16.4. The van der Waals surface area contributed by atoms with Crippen LogP contribution in [0.4, 0.5) is 0 Å². The molecule has 148 valence electrons. The maximum Gasteiger partial charge on any atom is 0.234 e. The summed E-state index contributed by atoms with van der Waals surface area (Å²) in [6, 6.07) is 5.60. The number of benzene rings is 1. The summed E-state index contributed by atoms with van der Waals surface area (Å²) in [7, 11) is 5.06. The average molecular weight is 375 g/mol. The number of rotatable bonds is 6. The lowest BCUT2D eigenvalue weighted by atomic mass is 9.78. The van der Waals surface area contributed by atoms with Crippen molar-refractivity contribution in [2.24, 2.45) is 5.41 Å². The van der Waals surface area contributed by atoms with E-state index in [9.17, 15) is 9.59 Å². The van der Waals surface area contributed by atoms with Crippen LogP contribution in [0.15, 0.2) is 18.2 Å². The Bertz CT molecular complexity index is 708. The molecule has 3 rings (SSSR count). The van der Waals surface area contributed by atoms with Crippen molar-refractivity contribution in [3.63, 3.8) is 0 Å². The Labute approximate surface area is 160 Å². The van der Waals surface area contributed by atoms with E-state index in [4.69, 9.17) is 9.47 Å². The van der Waals surface area contributed by atoms with E-state index in [1.807, 2.05) is 30.1 Å². The fraction of sp³-hybridized carbons (Fsp3) is 0.600. The monoisotopic (exact) mass is 375 g/mol. The Balaban J connectivity index is 1.51. The smallest absolute Gasteiger partial charge is 0.234 e. The number of ether oxygens (including phenoxy) is 2. The molecule has 1 atom stereocenters. The minimum absolute atomic E-state index is 0.0292. The van der Waals surface area contributed by atoms with E-state index in [-0.39, 0.29) is 17.2 Å². The minimum Gasteiger partial charge on any atom is -0.493 e. The first-order chi connectivity index (χ1) is 13.0. The number of carbonyl (C=O) groups is 2. The van der Waals surface area contributed by atoms with Crippen LogP contribution in [0, 0.1) is 5.41 Å². The molecule has 0 radical (unpaired) electrons. The molecule has 2 aliphatic heterocycles. The quantitative estimate of drug-likeness (QED) is 0.811. The van der Waals surface area contributed by atoms with E-state index < -0.39 is 0 Å². The molecule has 7 nitrogen and oxygen atoms in total. The summed E-state index contributed by atoms with van der Waals surface area (Å²) in [4.78, 5) is 28.9. The fourth-order valence-corrected chi connectivity index (χ4v) is 4.19. The molecule has 2 saturated heterocycles. The highest BCUT2D eigenvalue weighted by molar-refractivity contribution is 5.84. The summed E-state index contributed by atoms with van der Waals surface area (Å²) >= 11 is 0. The standard InChI is InChI=1S/C20H29N3O4/c1-22-9-4-7-20(19(22)25)8-10-23(14-20)13-18(24)21-12-15-5-6-16(26-2)17(11-15)27-3/h5-6,11H,4,7-10,12-14H2,1-3H3,(H,21,24)/t20-/m0/s1. The van der Waals surface area contributed by atoms with Gasteiger partial charge in [0, 0.05) is 26.7 Å². The van der Waals surface area contributed by atoms with Gasteiger partial charge in [-0.25, -0.2) is 0 Å². The van der Waals surface area contributed by atoms with Crippen molar-refractivity contribution in [1.82, 2.24) is 15.1 Å². The molecule has 0 aliphatic carbocycles. The highest BCUT2D eigenvalue weighted by atomic mass is 16.5. The number of hydrogen-bond acceptors (Lipinski definition) is 5. The zero-order valence-corrected chi connectivity index (χ0v) is 16.4. The van der Waals surface area contributed by atoms with Crippen LogP contribution >= 0.6 is 0 Å². The first kappa shape index (κ1) is 19.5. The van der Waals surface area contributed by atoms with Crippen LogP contribution in [0.1, 0.15) is 24.8 Å². The van der Waals surface area contributed by atoms with Gasteiger partial charge < -0.3 is 19.7 Å². The minimum atomic E-state index is -0.281. The molecule has 2 aliphatic rings. The second-order valence-electron chi connectivity index (χ2n) is 7.54. The van der Waals surface area contributed by atoms with Gasteiger partial charge in [0.15, 0.2) is 11.5 Å². The maximum absolute atomic E-state index is 12.6. The highest BCUT2D eigenvalue weighted by Gasteiger charge is 2.47. The van der Waals surface area contributed by atoms with Gasteiger partial charge in [0.05, 0.1) is 26.2 Å². The first-order valence-electron chi connectivity index (χ1n) is 9.43. The molecule has 1 aromatic rings. The van der Waals surface area contributed by atoms with Crippen LogP contribution in [0.5, 0.6) is 11.5 Å². The number of amides is 2. The second kappa shape index (κ2) is 8.17. The Hall–Kier alpha value is -2.28. The summed E-state index contributed by atoms with van der Waals surface area (Å²) in [6.45, 7) is 3.07. The van der Waals surface area contributed by atoms with Crippen LogP contribution < -0.4 is 14.8 Å². The van der Waals surface area contributed by atoms with Crippen molar-refractivity contribution in [1.29, 1.82) is 0 Å². The number of likely N-dealkylation sites (tertiary alicyclic amines) is 2. The molecular formula is C20H29N3O4. The van der Waals surface area contributed by atoms with Crippen LogP contribution in [-0.2, 0) is 16.1 Å². The Morgan fingerprint density at radius 3 is 2.70 bits per heavy atom. The fourth-order valence-electron chi connectivity index (χ4n) is 4.19. The molecule has 27 heavy (non-hydrogen) atoms. The van der Waals surface area contributed by atoms with Crippen LogP contribution in [0.3, 0.4) is 0 Å². The van der Waals surface area contributed by atoms with E-state index >= 15 is 0 Å². The summed E-state index contributed by atoms with van der Waals surface area (Å²) in [6.07, 6.45) is 2.82. The molecule has 1 N–H and O–H groups in total. The molecule has 1 aromatic carbocycles. The summed E-state index contributed by atoms with van der Waals surface area (Å²) in [5, 5.41) is 2.95. The molecule has 0 unspecified atom stereocenters. The number of methoxy groups -OCH3 is 2. The number of nitrogens with one attached hydrogen (secondary N) is 1. The lowest BCUT2D eigenvalue weighted by Gasteiger charge is -2.37. The molecule has 0 saturated carbocycles. The van der Waals surface area contributed by atoms with Crippen molar-refractivity contribution in [2.45, 2.75) is 25.8 Å². The van der Waals surface area contributed by atoms with E-state index in [0.717, 1.165) is 37.9 Å². The summed E-state index contributed by atoms with van der Waals surface area (Å²) < 4.78 is 10.5. The van der Waals surface area contributed by atoms with Crippen LogP contribution in [0.25, 0.3) is 0 Å². The topological polar surface area (TPSA) is 71.1 Å². The summed E-state index contributed by atoms with van der Waals surface area (Å²) in [5.74, 6) is 1.52. The molecule has 0 aromatic heterocycles. The zero-order chi connectivity index (χ0) is 19.4. The van der Waals surface area contributed by atoms with Crippen molar-refractivity contribution in [2.75, 3.05) is 47.4 Å². The maximum atomic E-state index is 12.6. The van der Waals surface area contributed by atoms with Crippen molar-refractivity contribution in [3.05, 3.63) is 23.8 Å². The molecule has 7 heteroatoms. The van der Waals surface area contributed by atoms with Crippen molar-refractivity contribution >= 4 is 11.8 Å². The first-order valence-corrected chi connectivity index (χ1v) is 9.43. The number of piperidine rings is 1. The Morgan fingerprint density at radius 2 is 1.96 bits per heavy atom. The number of carbonyl (C=O) groups excluding carboxylic acids is 2. The SMILES string of the molecule is COc1ccc(CNC(=O)CN2CC[C@@]3(CCCN(C)C3=O)C2)cc1OC. The van der Waals surface area contributed by atoms with Crippen LogP contribution in [-0.4, -0.2) is 69.1 Å². The van der Waals surface area contributed by atoms with Gasteiger partial charge in [-0.3, -0.25) is 14.5 Å². The van der Waals surface area contributed by atoms with E-state index in [1.165, 1.54) is 0 Å². The Kier molecular flexibility index (Phi) is 5.89. The lowest BCUT2D eigenvalue weighted by molar-refractivity contribution is -0.144. The predicted molar refractivity (Wildman–Crippen MR) is 102 cm³/mol. The molecule has 1 spiro atoms. The third kappa shape index (κ3) is 4.18. The van der Waals surface area contributed by atoms with Gasteiger partial charge in [-0.1, -0.05) is 6.07 Å². The van der Waals surface area contributed by atoms with E-state index in [0.29, 0.717) is 31.1 Å². The molecule has 2 fully saturated rings. The van der Waals surface area contributed by atoms with Gasteiger partial charge in [-0.2, -0.15) is 0 Å². The third-order valence-corrected chi connectivity index (χ3v) is 5.69. The normalized spacial score (nSPS) is 22.9. The second-order valence-corrected chi connectivity index (χ2v) is 7.54. The van der Waals surface area contributed by atoms with Gasteiger partial charge in [0.2, 0.25) is 11.8 Å². The van der Waals surface area contributed by atoms with Gasteiger partial charge in [0.25, 0.3) is 0 Å². The van der Waals surface area contributed by atoms with E-state index in [1.54, 1.807) is 14.2 Å². The van der Waals surface area contributed by atoms with Gasteiger partial charge in [0.1, 0.15) is 0 Å². The summed E-state index contributed by atoms with van der Waals surface area (Å²) in [5.41, 5.74) is 0.666. The van der Waals surface area contributed by atoms with Crippen molar-refractivity contribution < 1.29 is 19.1 Å². The van der Waals surface area contributed by atoms with E-state index in [2.05, 4.69) is 10.2 Å². The van der Waals surface area contributed by atoms with Gasteiger partial charge in [-0.05, 0) is 43.5 Å². The molecular weight excluding hydrogens is 346 g/mol. The van der Waals surface area contributed by atoms with Gasteiger partial charge in [-0.15, -0.1) is 0 Å². The number of nitrogens with zero attached hydrogens (tertiary/aromatic N) is 2. The van der Waals surface area contributed by atoms with Gasteiger partial charge >= 0.3 is 0 Å². The lowest BCUT2D eigenvalue weighted by Crippen LogP contribution is -2.48. The average Bonchev–Trinajstić information content (AvgIpc) is 3.07. The molecule has 2 heterocycles. The Morgan fingerprint density at radius 1 is 1.19 bits per heavy atom. The molecule has 2 amide bonds. The largest absolute Gasteiger partial charge is 0.493 e. The number of hydrogen-bond donors (Lipinski definition) is 1. The predicted octanol–water partition coefficient (Wildman–Crippen LogP) is 1.26.